The summed E-state index contributed by atoms with van der Waals surface area (Å²) < 4.78 is 5.16. The maximum absolute atomic E-state index is 12.9. The molecule has 0 spiro atoms. The number of methoxy groups -OCH3 is 1. The van der Waals surface area contributed by atoms with Crippen LogP contribution in [0.3, 0.4) is 0 Å². The Morgan fingerprint density at radius 3 is 2.48 bits per heavy atom. The number of ether oxygens (including phenoxy) is 1. The number of amides is 1. The molecule has 2 N–H and O–H groups in total. The molecule has 3 aromatic rings. The topological polar surface area (TPSA) is 54.1 Å². The molecule has 2 aromatic carbocycles. The van der Waals surface area contributed by atoms with Gasteiger partial charge in [0.1, 0.15) is 5.75 Å². The summed E-state index contributed by atoms with van der Waals surface area (Å²) in [4.78, 5) is 16.3. The summed E-state index contributed by atoms with van der Waals surface area (Å²) >= 11 is 0. The maximum Gasteiger partial charge on any atom is 0.230 e. The van der Waals surface area contributed by atoms with Gasteiger partial charge in [0, 0.05) is 23.1 Å². The molecular weight excluding hydrogens is 312 g/mol. The van der Waals surface area contributed by atoms with E-state index in [0.717, 1.165) is 33.5 Å². The first kappa shape index (κ1) is 17.1. The van der Waals surface area contributed by atoms with Crippen LogP contribution in [0, 0.1) is 6.92 Å². The van der Waals surface area contributed by atoms with Gasteiger partial charge in [0.25, 0.3) is 0 Å². The average molecular weight is 336 g/mol. The fraction of sp³-hybridized carbons (Fsp3) is 0.286. The lowest BCUT2D eigenvalue weighted by Crippen LogP contribution is -2.40. The van der Waals surface area contributed by atoms with Crippen LogP contribution in [0.4, 0.5) is 0 Å². The molecule has 25 heavy (non-hydrogen) atoms. The number of hydrogen-bond donors (Lipinski definition) is 2. The zero-order chi connectivity index (χ0) is 18.0. The highest BCUT2D eigenvalue weighted by Gasteiger charge is 2.33. The minimum atomic E-state index is -0.629. The molecule has 0 fully saturated rings. The number of aryl methyl sites for hydroxylation is 1. The lowest BCUT2D eigenvalue weighted by atomic mass is 9.81. The van der Waals surface area contributed by atoms with E-state index in [1.807, 2.05) is 63.2 Å². The van der Waals surface area contributed by atoms with Crippen molar-refractivity contribution in [3.63, 3.8) is 0 Å². The number of para-hydroxylation sites is 1. The van der Waals surface area contributed by atoms with Crippen LogP contribution in [-0.4, -0.2) is 18.0 Å². The van der Waals surface area contributed by atoms with E-state index >= 15 is 0 Å². The minimum Gasteiger partial charge on any atom is -0.497 e. The smallest absolute Gasteiger partial charge is 0.230 e. The van der Waals surface area contributed by atoms with E-state index in [1.165, 1.54) is 0 Å². The number of nitrogens with one attached hydrogen (secondary N) is 2. The van der Waals surface area contributed by atoms with Crippen molar-refractivity contribution in [3.8, 4) is 5.75 Å². The molecular formula is C21H24N2O2. The van der Waals surface area contributed by atoms with Gasteiger partial charge < -0.3 is 15.0 Å². The van der Waals surface area contributed by atoms with Gasteiger partial charge in [-0.15, -0.1) is 0 Å². The molecule has 0 saturated carbocycles. The van der Waals surface area contributed by atoms with E-state index in [-0.39, 0.29) is 5.91 Å². The quantitative estimate of drug-likeness (QED) is 0.738. The summed E-state index contributed by atoms with van der Waals surface area (Å²) in [6, 6.07) is 15.8. The summed E-state index contributed by atoms with van der Waals surface area (Å²) in [5, 5.41) is 4.16. The van der Waals surface area contributed by atoms with Crippen LogP contribution in [0.25, 0.3) is 10.9 Å². The summed E-state index contributed by atoms with van der Waals surface area (Å²) in [6.07, 6.45) is 0. The molecule has 3 rings (SSSR count). The third-order valence-corrected chi connectivity index (χ3v) is 4.70. The van der Waals surface area contributed by atoms with Gasteiger partial charge in [0.15, 0.2) is 0 Å². The van der Waals surface area contributed by atoms with Gasteiger partial charge in [0.05, 0.1) is 12.5 Å². The van der Waals surface area contributed by atoms with E-state index in [9.17, 15) is 4.79 Å². The van der Waals surface area contributed by atoms with Crippen LogP contribution >= 0.6 is 0 Å². The van der Waals surface area contributed by atoms with E-state index in [2.05, 4.69) is 16.4 Å². The Morgan fingerprint density at radius 1 is 1.12 bits per heavy atom. The third-order valence-electron chi connectivity index (χ3n) is 4.70. The van der Waals surface area contributed by atoms with Gasteiger partial charge in [-0.3, -0.25) is 4.79 Å². The van der Waals surface area contributed by atoms with Gasteiger partial charge in [-0.05, 0) is 50.1 Å². The van der Waals surface area contributed by atoms with Crippen LogP contribution in [0.15, 0.2) is 48.5 Å². The van der Waals surface area contributed by atoms with Crippen molar-refractivity contribution in [3.05, 3.63) is 65.4 Å². The number of aromatic amines is 1. The van der Waals surface area contributed by atoms with Crippen molar-refractivity contribution in [2.24, 2.45) is 0 Å². The molecule has 0 saturated heterocycles. The van der Waals surface area contributed by atoms with Crippen molar-refractivity contribution < 1.29 is 9.53 Å². The van der Waals surface area contributed by atoms with Crippen LogP contribution in [0.2, 0.25) is 0 Å². The van der Waals surface area contributed by atoms with E-state index in [1.54, 1.807) is 7.11 Å². The number of hydrogen-bond acceptors (Lipinski definition) is 2. The molecule has 0 aliphatic rings. The number of carbonyl (C=O) groups excluding carboxylic acids is 1. The van der Waals surface area contributed by atoms with Crippen molar-refractivity contribution in [2.75, 3.05) is 7.11 Å². The number of aromatic nitrogens is 1. The number of carbonyl (C=O) groups is 1. The fourth-order valence-electron chi connectivity index (χ4n) is 3.34. The van der Waals surface area contributed by atoms with E-state index in [4.69, 9.17) is 4.74 Å². The largest absolute Gasteiger partial charge is 0.497 e. The molecule has 1 amide bonds. The lowest BCUT2D eigenvalue weighted by Gasteiger charge is -2.25. The molecule has 0 bridgehead atoms. The van der Waals surface area contributed by atoms with Crippen molar-refractivity contribution in [2.45, 2.75) is 32.7 Å². The highest BCUT2D eigenvalue weighted by Crippen LogP contribution is 2.33. The summed E-state index contributed by atoms with van der Waals surface area (Å²) in [5.74, 6) is 0.820. The second-order valence-corrected chi connectivity index (χ2v) is 6.83. The second-order valence-electron chi connectivity index (χ2n) is 6.83. The van der Waals surface area contributed by atoms with Crippen molar-refractivity contribution in [1.29, 1.82) is 0 Å². The first-order chi connectivity index (χ1) is 11.9. The van der Waals surface area contributed by atoms with E-state index < -0.39 is 5.41 Å². The number of benzene rings is 2. The van der Waals surface area contributed by atoms with Crippen LogP contribution < -0.4 is 10.1 Å². The lowest BCUT2D eigenvalue weighted by molar-refractivity contribution is -0.125. The standard InChI is InChI=1S/C21H24N2O2/c1-14-19(17-7-5-6-8-18(17)23-14)21(2,3)20(24)22-13-15-9-11-16(25-4)12-10-15/h5-12,23H,13H2,1-4H3,(H,22,24). The fourth-order valence-corrected chi connectivity index (χ4v) is 3.34. The zero-order valence-corrected chi connectivity index (χ0v) is 15.1. The highest BCUT2D eigenvalue weighted by molar-refractivity contribution is 5.95. The second kappa shape index (κ2) is 6.63. The Morgan fingerprint density at radius 2 is 1.80 bits per heavy atom. The van der Waals surface area contributed by atoms with Crippen LogP contribution in [-0.2, 0) is 16.8 Å². The van der Waals surface area contributed by atoms with Gasteiger partial charge in [-0.25, -0.2) is 0 Å². The Labute approximate surface area is 148 Å². The SMILES string of the molecule is COc1ccc(CNC(=O)C(C)(C)c2c(C)[nH]c3ccccc23)cc1. The first-order valence-electron chi connectivity index (χ1n) is 8.42. The van der Waals surface area contributed by atoms with Gasteiger partial charge in [-0.2, -0.15) is 0 Å². The molecule has 1 heterocycles. The molecule has 0 aliphatic carbocycles. The number of H-pyrrole nitrogens is 1. The van der Waals surface area contributed by atoms with Crippen molar-refractivity contribution in [1.82, 2.24) is 10.3 Å². The first-order valence-corrected chi connectivity index (χ1v) is 8.42. The Hall–Kier alpha value is -2.75. The molecule has 4 heteroatoms. The molecule has 1 aromatic heterocycles. The Balaban J connectivity index is 1.80. The minimum absolute atomic E-state index is 0.0103. The van der Waals surface area contributed by atoms with Gasteiger partial charge in [-0.1, -0.05) is 30.3 Å². The highest BCUT2D eigenvalue weighted by atomic mass is 16.5. The molecule has 0 radical (unpaired) electrons. The zero-order valence-electron chi connectivity index (χ0n) is 15.1. The summed E-state index contributed by atoms with van der Waals surface area (Å²) in [6.45, 7) is 6.46. The number of fused-ring (bicyclic) bond motifs is 1. The van der Waals surface area contributed by atoms with Crippen LogP contribution in [0.1, 0.15) is 30.7 Å². The third kappa shape index (κ3) is 3.25. The van der Waals surface area contributed by atoms with Gasteiger partial charge in [0.2, 0.25) is 5.91 Å². The normalized spacial score (nSPS) is 11.5. The Bertz CT molecular complexity index is 892. The van der Waals surface area contributed by atoms with Crippen LogP contribution in [0.5, 0.6) is 5.75 Å². The Kier molecular flexibility index (Phi) is 4.53. The molecule has 0 atom stereocenters. The summed E-state index contributed by atoms with van der Waals surface area (Å²) in [7, 11) is 1.64. The molecule has 0 aliphatic heterocycles. The van der Waals surface area contributed by atoms with Gasteiger partial charge >= 0.3 is 0 Å². The monoisotopic (exact) mass is 336 g/mol. The average Bonchev–Trinajstić information content (AvgIpc) is 2.96. The van der Waals surface area contributed by atoms with E-state index in [0.29, 0.717) is 6.54 Å². The predicted molar refractivity (Wildman–Crippen MR) is 101 cm³/mol. The number of rotatable bonds is 5. The van der Waals surface area contributed by atoms with Crippen molar-refractivity contribution >= 4 is 16.8 Å². The maximum atomic E-state index is 12.9. The summed E-state index contributed by atoms with van der Waals surface area (Å²) in [5.41, 5.74) is 3.56. The molecule has 0 unspecified atom stereocenters. The predicted octanol–water partition coefficient (Wildman–Crippen LogP) is 4.08. The molecule has 4 nitrogen and oxygen atoms in total. The molecule has 130 valence electrons.